The molecule has 2 fully saturated rings. The van der Waals surface area contributed by atoms with Crippen molar-refractivity contribution in [2.24, 2.45) is 7.05 Å². The Morgan fingerprint density at radius 2 is 1.78 bits per heavy atom. The Morgan fingerprint density at radius 1 is 1.03 bits per heavy atom. The SMILES string of the molecule is Cc1cc(C[C@@H]2NC(=O)[C@@H](C)NC2=O)n[nH]1.Cc1cc(C[C@H]2CN[C@H](C)CN2)n(C)n1.Cl. The second kappa shape index (κ2) is 11.4. The van der Waals surface area contributed by atoms with E-state index in [1.165, 1.54) is 5.69 Å². The molecule has 0 bridgehead atoms. The molecule has 0 spiro atoms. The molecule has 2 aromatic heterocycles. The second-order valence-corrected chi connectivity index (χ2v) is 8.56. The Hall–Kier alpha value is -2.43. The summed E-state index contributed by atoms with van der Waals surface area (Å²) in [5.41, 5.74) is 4.12. The number of halogens is 1. The number of carbonyl (C=O) groups is 2. The van der Waals surface area contributed by atoms with Gasteiger partial charge in [-0.05, 0) is 39.8 Å². The molecule has 2 aliphatic rings. The number of nitrogens with zero attached hydrogens (tertiary/aromatic N) is 3. The molecule has 11 heteroatoms. The summed E-state index contributed by atoms with van der Waals surface area (Å²) in [5.74, 6) is -0.315. The molecule has 178 valence electrons. The fraction of sp³-hybridized carbons (Fsp3) is 0.619. The number of hydrogen-bond acceptors (Lipinski definition) is 6. The zero-order chi connectivity index (χ0) is 22.5. The minimum atomic E-state index is -0.522. The van der Waals surface area contributed by atoms with Crippen molar-refractivity contribution in [1.82, 2.24) is 41.2 Å². The van der Waals surface area contributed by atoms with Crippen LogP contribution in [0.4, 0.5) is 0 Å². The number of carbonyl (C=O) groups excluding carboxylic acids is 2. The largest absolute Gasteiger partial charge is 0.343 e. The van der Waals surface area contributed by atoms with Crippen molar-refractivity contribution in [3.63, 3.8) is 0 Å². The highest BCUT2D eigenvalue weighted by Gasteiger charge is 2.31. The molecule has 10 nitrogen and oxygen atoms in total. The van der Waals surface area contributed by atoms with Gasteiger partial charge in [0, 0.05) is 56.5 Å². The number of amides is 2. The topological polar surface area (TPSA) is 129 Å². The van der Waals surface area contributed by atoms with Gasteiger partial charge in [-0.25, -0.2) is 0 Å². The van der Waals surface area contributed by atoms with Crippen LogP contribution in [0.3, 0.4) is 0 Å². The molecule has 2 aromatic rings. The fourth-order valence-corrected chi connectivity index (χ4v) is 3.76. The van der Waals surface area contributed by atoms with Gasteiger partial charge in [0.25, 0.3) is 0 Å². The van der Waals surface area contributed by atoms with Crippen LogP contribution in [0.1, 0.15) is 36.6 Å². The summed E-state index contributed by atoms with van der Waals surface area (Å²) >= 11 is 0. The van der Waals surface area contributed by atoms with E-state index in [9.17, 15) is 9.59 Å². The minimum absolute atomic E-state index is 0. The molecule has 32 heavy (non-hydrogen) atoms. The lowest BCUT2D eigenvalue weighted by Gasteiger charge is -2.29. The van der Waals surface area contributed by atoms with Crippen molar-refractivity contribution in [1.29, 1.82) is 0 Å². The lowest BCUT2D eigenvalue weighted by molar-refractivity contribution is -0.136. The van der Waals surface area contributed by atoms with Gasteiger partial charge < -0.3 is 21.3 Å². The van der Waals surface area contributed by atoms with Crippen molar-refractivity contribution in [3.8, 4) is 0 Å². The molecule has 0 saturated carbocycles. The van der Waals surface area contributed by atoms with Crippen LogP contribution in [-0.4, -0.2) is 69.0 Å². The zero-order valence-electron chi connectivity index (χ0n) is 19.4. The normalized spacial score (nSPS) is 25.2. The third-order valence-corrected chi connectivity index (χ3v) is 5.54. The average Bonchev–Trinajstić information content (AvgIpc) is 3.26. The van der Waals surface area contributed by atoms with Gasteiger partial charge in [0.2, 0.25) is 11.8 Å². The Labute approximate surface area is 195 Å². The molecule has 5 N–H and O–H groups in total. The molecule has 0 radical (unpaired) electrons. The zero-order valence-corrected chi connectivity index (χ0v) is 20.2. The van der Waals surface area contributed by atoms with Crippen molar-refractivity contribution in [2.75, 3.05) is 13.1 Å². The Bertz CT molecular complexity index is 904. The van der Waals surface area contributed by atoms with Crippen LogP contribution in [0.2, 0.25) is 0 Å². The maximum Gasteiger partial charge on any atom is 0.243 e. The van der Waals surface area contributed by atoms with Gasteiger partial charge in [0.15, 0.2) is 0 Å². The summed E-state index contributed by atoms with van der Waals surface area (Å²) in [7, 11) is 2.02. The molecule has 0 aromatic carbocycles. The molecule has 2 amide bonds. The highest BCUT2D eigenvalue weighted by molar-refractivity contribution is 5.96. The second-order valence-electron chi connectivity index (χ2n) is 8.56. The molecule has 4 heterocycles. The summed E-state index contributed by atoms with van der Waals surface area (Å²) in [6.07, 6.45) is 1.46. The maximum atomic E-state index is 11.6. The molecule has 4 rings (SSSR count). The first-order chi connectivity index (χ1) is 14.7. The predicted molar refractivity (Wildman–Crippen MR) is 125 cm³/mol. The van der Waals surface area contributed by atoms with Gasteiger partial charge in [-0.3, -0.25) is 19.4 Å². The van der Waals surface area contributed by atoms with Gasteiger partial charge >= 0.3 is 0 Å². The van der Waals surface area contributed by atoms with Gasteiger partial charge in [0.05, 0.1) is 11.4 Å². The molecular weight excluding hydrogens is 432 g/mol. The molecule has 2 aliphatic heterocycles. The first-order valence-electron chi connectivity index (χ1n) is 10.8. The molecule has 0 aliphatic carbocycles. The first kappa shape index (κ1) is 25.8. The number of piperazine rings is 2. The number of hydrogen-bond donors (Lipinski definition) is 5. The van der Waals surface area contributed by atoms with Gasteiger partial charge in [0.1, 0.15) is 12.1 Å². The Balaban J connectivity index is 0.000000220. The van der Waals surface area contributed by atoms with Crippen molar-refractivity contribution in [2.45, 2.75) is 64.7 Å². The first-order valence-corrected chi connectivity index (χ1v) is 10.8. The van der Waals surface area contributed by atoms with E-state index in [-0.39, 0.29) is 24.2 Å². The van der Waals surface area contributed by atoms with E-state index in [1.807, 2.05) is 31.6 Å². The third kappa shape index (κ3) is 7.04. The van der Waals surface area contributed by atoms with Crippen LogP contribution in [0.5, 0.6) is 0 Å². The maximum absolute atomic E-state index is 11.6. The van der Waals surface area contributed by atoms with Crippen LogP contribution in [0.25, 0.3) is 0 Å². The van der Waals surface area contributed by atoms with Crippen LogP contribution in [0, 0.1) is 13.8 Å². The van der Waals surface area contributed by atoms with Crippen molar-refractivity contribution < 1.29 is 9.59 Å². The Morgan fingerprint density at radius 3 is 2.34 bits per heavy atom. The van der Waals surface area contributed by atoms with E-state index in [4.69, 9.17) is 0 Å². The number of aromatic amines is 1. The summed E-state index contributed by atoms with van der Waals surface area (Å²) in [6, 6.07) is 4.18. The number of nitrogens with one attached hydrogen (secondary N) is 5. The number of aromatic nitrogens is 4. The molecular formula is C21H35ClN8O2. The van der Waals surface area contributed by atoms with Crippen LogP contribution >= 0.6 is 12.4 Å². The molecule has 4 atom stereocenters. The standard InChI is InChI=1S/C11H20N4.C10H14N4O2.ClH/c1-8-4-11(15(3)14-8)5-10-7-12-9(2)6-13-10;1-5-3-7(14-13-5)4-8-10(16)11-6(2)9(15)12-8;/h4,9-10,12-13H,5-7H2,1-3H3;3,6,8H,4H2,1-2H3,(H,11,16)(H,12,15)(H,13,14);1H/t9-,10+;6-,8+;/m11./s1. The van der Waals surface area contributed by atoms with E-state index in [2.05, 4.69) is 49.6 Å². The lowest BCUT2D eigenvalue weighted by atomic mass is 10.1. The van der Waals surface area contributed by atoms with E-state index in [0.29, 0.717) is 18.5 Å². The van der Waals surface area contributed by atoms with E-state index >= 15 is 0 Å². The van der Waals surface area contributed by atoms with E-state index in [0.717, 1.165) is 36.6 Å². The average molecular weight is 467 g/mol. The smallest absolute Gasteiger partial charge is 0.243 e. The summed E-state index contributed by atoms with van der Waals surface area (Å²) < 4.78 is 1.98. The van der Waals surface area contributed by atoms with Gasteiger partial charge in [-0.15, -0.1) is 12.4 Å². The number of H-pyrrole nitrogens is 1. The number of aryl methyl sites for hydroxylation is 3. The minimum Gasteiger partial charge on any atom is -0.343 e. The van der Waals surface area contributed by atoms with Gasteiger partial charge in [-0.2, -0.15) is 10.2 Å². The van der Waals surface area contributed by atoms with Crippen LogP contribution in [0.15, 0.2) is 12.1 Å². The van der Waals surface area contributed by atoms with Crippen molar-refractivity contribution in [3.05, 3.63) is 34.9 Å². The monoisotopic (exact) mass is 466 g/mol. The third-order valence-electron chi connectivity index (χ3n) is 5.54. The highest BCUT2D eigenvalue weighted by Crippen LogP contribution is 2.07. The van der Waals surface area contributed by atoms with E-state index in [1.54, 1.807) is 6.92 Å². The molecule has 2 saturated heterocycles. The number of rotatable bonds is 4. The van der Waals surface area contributed by atoms with Crippen LogP contribution in [-0.2, 0) is 29.5 Å². The highest BCUT2D eigenvalue weighted by atomic mass is 35.5. The fourth-order valence-electron chi connectivity index (χ4n) is 3.76. The van der Waals surface area contributed by atoms with E-state index < -0.39 is 12.1 Å². The summed E-state index contributed by atoms with van der Waals surface area (Å²) in [5, 5.41) is 23.5. The quantitative estimate of drug-likeness (QED) is 0.428. The summed E-state index contributed by atoms with van der Waals surface area (Å²) in [4.78, 5) is 23.0. The molecule has 0 unspecified atom stereocenters. The predicted octanol–water partition coefficient (Wildman–Crippen LogP) is -0.0936. The van der Waals surface area contributed by atoms with Crippen molar-refractivity contribution >= 4 is 24.2 Å². The van der Waals surface area contributed by atoms with Crippen LogP contribution < -0.4 is 21.3 Å². The lowest BCUT2D eigenvalue weighted by Crippen LogP contribution is -2.61. The summed E-state index contributed by atoms with van der Waals surface area (Å²) in [6.45, 7) is 9.89. The van der Waals surface area contributed by atoms with Gasteiger partial charge in [-0.1, -0.05) is 0 Å². The Kier molecular flexibility index (Phi) is 9.23.